The average molecular weight is 424 g/mol. The third-order valence-electron chi connectivity index (χ3n) is 6.52. The molecule has 1 saturated carbocycles. The van der Waals surface area contributed by atoms with E-state index in [4.69, 9.17) is 9.15 Å². The molecule has 6 nitrogen and oxygen atoms in total. The number of alkyl halides is 3. The zero-order valence-electron chi connectivity index (χ0n) is 16.3. The summed E-state index contributed by atoms with van der Waals surface area (Å²) in [5.74, 6) is -0.381. The van der Waals surface area contributed by atoms with Gasteiger partial charge < -0.3 is 24.5 Å². The van der Waals surface area contributed by atoms with E-state index >= 15 is 0 Å². The van der Waals surface area contributed by atoms with Gasteiger partial charge in [-0.3, -0.25) is 4.79 Å². The maximum atomic E-state index is 13.3. The van der Waals surface area contributed by atoms with E-state index in [1.54, 1.807) is 0 Å². The number of fused-ring (bicyclic) bond motifs is 3. The summed E-state index contributed by atoms with van der Waals surface area (Å²) in [6.45, 7) is 1.87. The molecule has 9 heteroatoms. The first kappa shape index (κ1) is 19.7. The Kier molecular flexibility index (Phi) is 4.52. The van der Waals surface area contributed by atoms with E-state index in [0.29, 0.717) is 44.8 Å². The van der Waals surface area contributed by atoms with Crippen LogP contribution >= 0.6 is 0 Å². The highest BCUT2D eigenvalue weighted by molar-refractivity contribution is 6.07. The molecule has 0 bridgehead atoms. The summed E-state index contributed by atoms with van der Waals surface area (Å²) in [4.78, 5) is 14.5. The molecule has 3 aliphatic rings. The lowest BCUT2D eigenvalue weighted by atomic mass is 9.90. The molecule has 30 heavy (non-hydrogen) atoms. The van der Waals surface area contributed by atoms with Crippen LogP contribution in [0.5, 0.6) is 0 Å². The number of rotatable bonds is 3. The number of anilines is 1. The third-order valence-corrected chi connectivity index (χ3v) is 6.52. The van der Waals surface area contributed by atoms with Crippen molar-refractivity contribution in [3.63, 3.8) is 0 Å². The minimum Gasteiger partial charge on any atom is -0.449 e. The molecule has 2 N–H and O–H groups in total. The number of aliphatic hydroxyl groups is 1. The van der Waals surface area contributed by atoms with Gasteiger partial charge in [-0.25, -0.2) is 0 Å². The van der Waals surface area contributed by atoms with Crippen molar-refractivity contribution in [3.05, 3.63) is 29.5 Å². The van der Waals surface area contributed by atoms with Crippen molar-refractivity contribution in [2.24, 2.45) is 5.41 Å². The minimum atomic E-state index is -4.49. The second-order valence-corrected chi connectivity index (χ2v) is 8.57. The lowest BCUT2D eigenvalue weighted by Gasteiger charge is -2.36. The predicted molar refractivity (Wildman–Crippen MR) is 102 cm³/mol. The summed E-state index contributed by atoms with van der Waals surface area (Å²) in [5, 5.41) is 13.1. The maximum absolute atomic E-state index is 13.3. The van der Waals surface area contributed by atoms with Gasteiger partial charge in [0.25, 0.3) is 5.91 Å². The van der Waals surface area contributed by atoms with Gasteiger partial charge in [0.15, 0.2) is 0 Å². The molecule has 0 spiro atoms. The molecule has 3 heterocycles. The van der Waals surface area contributed by atoms with Crippen molar-refractivity contribution in [1.82, 2.24) is 5.32 Å². The number of benzene rings is 1. The fourth-order valence-electron chi connectivity index (χ4n) is 4.71. The van der Waals surface area contributed by atoms with E-state index in [9.17, 15) is 23.1 Å². The highest BCUT2D eigenvalue weighted by Crippen LogP contribution is 2.54. The first-order valence-corrected chi connectivity index (χ1v) is 10.2. The molecule has 2 fully saturated rings. The molecule has 2 aromatic rings. The van der Waals surface area contributed by atoms with E-state index in [1.807, 2.05) is 4.90 Å². The molecule has 2 aliphatic heterocycles. The van der Waals surface area contributed by atoms with Crippen LogP contribution < -0.4 is 10.2 Å². The molecule has 0 radical (unpaired) electrons. The van der Waals surface area contributed by atoms with Gasteiger partial charge in [0.2, 0.25) is 5.76 Å². The molecule has 1 aromatic heterocycles. The highest BCUT2D eigenvalue weighted by Gasteiger charge is 2.53. The lowest BCUT2D eigenvalue weighted by Crippen LogP contribution is -2.43. The van der Waals surface area contributed by atoms with Crippen molar-refractivity contribution in [2.45, 2.75) is 44.1 Å². The molecule has 2 unspecified atom stereocenters. The van der Waals surface area contributed by atoms with Gasteiger partial charge in [-0.15, -0.1) is 0 Å². The Morgan fingerprint density at radius 3 is 2.80 bits per heavy atom. The number of nitrogens with zero attached hydrogens (tertiary/aromatic N) is 1. The Morgan fingerprint density at radius 2 is 2.10 bits per heavy atom. The molecule has 2 atom stereocenters. The predicted octanol–water partition coefficient (Wildman–Crippen LogP) is 3.32. The average Bonchev–Trinajstić information content (AvgIpc) is 3.40. The molecule has 162 valence electrons. The summed E-state index contributed by atoms with van der Waals surface area (Å²) in [5.41, 5.74) is -0.280. The number of amides is 1. The molecule has 1 amide bonds. The number of hydrogen-bond donors (Lipinski definition) is 2. The smallest absolute Gasteiger partial charge is 0.416 e. The fraction of sp³-hybridized carbons (Fsp3) is 0.571. The second-order valence-electron chi connectivity index (χ2n) is 8.57. The van der Waals surface area contributed by atoms with Crippen molar-refractivity contribution >= 4 is 22.6 Å². The van der Waals surface area contributed by atoms with Crippen molar-refractivity contribution in [2.75, 3.05) is 31.1 Å². The highest BCUT2D eigenvalue weighted by atomic mass is 19.4. The zero-order chi connectivity index (χ0) is 21.1. The van der Waals surface area contributed by atoms with Crippen LogP contribution in [0.15, 0.2) is 22.6 Å². The van der Waals surface area contributed by atoms with Gasteiger partial charge in [0.05, 0.1) is 23.5 Å². The lowest BCUT2D eigenvalue weighted by molar-refractivity contribution is -0.137. The summed E-state index contributed by atoms with van der Waals surface area (Å²) in [6.07, 6.45) is -1.97. The summed E-state index contributed by atoms with van der Waals surface area (Å²) >= 11 is 0. The quantitative estimate of drug-likeness (QED) is 0.791. The Morgan fingerprint density at radius 1 is 1.30 bits per heavy atom. The standard InChI is InChI=1S/C21H23F3N2O4/c22-21(23,24)12-1-2-15-14(9-12)17-18(30-15)19(28)25-6-7-26(17)11-20(4-5-20)16-10-13(27)3-8-29-16/h1-2,9,13,16,27H,3-8,10-11H2,(H,25,28). The number of aliphatic hydroxyl groups excluding tert-OH is 1. The number of furan rings is 1. The monoisotopic (exact) mass is 424 g/mol. The SMILES string of the molecule is O=C1NCCN(CC2(C3CC(O)CCO3)CC2)c2c1oc1ccc(C(F)(F)F)cc21. The van der Waals surface area contributed by atoms with Crippen molar-refractivity contribution in [3.8, 4) is 0 Å². The van der Waals surface area contributed by atoms with Crippen LogP contribution in [0.2, 0.25) is 0 Å². The van der Waals surface area contributed by atoms with Crippen LogP contribution in [-0.4, -0.2) is 49.5 Å². The van der Waals surface area contributed by atoms with Gasteiger partial charge in [-0.05, 0) is 37.5 Å². The number of ether oxygens (including phenoxy) is 1. The van der Waals surface area contributed by atoms with Gasteiger partial charge in [-0.1, -0.05) is 0 Å². The van der Waals surface area contributed by atoms with Crippen molar-refractivity contribution < 1.29 is 32.2 Å². The Labute approximate surface area is 171 Å². The van der Waals surface area contributed by atoms with Gasteiger partial charge in [0, 0.05) is 43.5 Å². The molecule has 1 aliphatic carbocycles. The van der Waals surface area contributed by atoms with Crippen LogP contribution in [-0.2, 0) is 10.9 Å². The van der Waals surface area contributed by atoms with Gasteiger partial charge in [0.1, 0.15) is 5.58 Å². The van der Waals surface area contributed by atoms with Crippen LogP contribution in [0.25, 0.3) is 11.0 Å². The Bertz CT molecular complexity index is 983. The van der Waals surface area contributed by atoms with E-state index in [2.05, 4.69) is 5.32 Å². The van der Waals surface area contributed by atoms with Gasteiger partial charge >= 0.3 is 6.18 Å². The largest absolute Gasteiger partial charge is 0.449 e. The first-order chi connectivity index (χ1) is 14.3. The number of nitrogens with one attached hydrogen (secondary N) is 1. The van der Waals surface area contributed by atoms with Crippen molar-refractivity contribution in [1.29, 1.82) is 0 Å². The molecular formula is C21H23F3N2O4. The van der Waals surface area contributed by atoms with E-state index < -0.39 is 23.8 Å². The third kappa shape index (κ3) is 3.33. The topological polar surface area (TPSA) is 74.9 Å². The Balaban J connectivity index is 1.54. The Hall–Kier alpha value is -2.26. The molecular weight excluding hydrogens is 401 g/mol. The second kappa shape index (κ2) is 6.88. The van der Waals surface area contributed by atoms with Gasteiger partial charge in [-0.2, -0.15) is 13.2 Å². The maximum Gasteiger partial charge on any atom is 0.416 e. The minimum absolute atomic E-state index is 0.0437. The number of carbonyl (C=O) groups excluding carboxylic acids is 1. The van der Waals surface area contributed by atoms with E-state index in [0.717, 1.165) is 25.0 Å². The first-order valence-electron chi connectivity index (χ1n) is 10.2. The summed E-state index contributed by atoms with van der Waals surface area (Å²) in [6, 6.07) is 3.29. The van der Waals surface area contributed by atoms with E-state index in [1.165, 1.54) is 6.07 Å². The summed E-state index contributed by atoms with van der Waals surface area (Å²) in [7, 11) is 0. The van der Waals surface area contributed by atoms with Crippen LogP contribution in [0.4, 0.5) is 18.9 Å². The molecule has 1 saturated heterocycles. The summed E-state index contributed by atoms with van der Waals surface area (Å²) < 4.78 is 51.6. The number of carbonyl (C=O) groups is 1. The number of hydrogen-bond acceptors (Lipinski definition) is 5. The molecule has 5 rings (SSSR count). The van der Waals surface area contributed by atoms with E-state index in [-0.39, 0.29) is 28.2 Å². The molecule has 1 aromatic carbocycles. The number of halogens is 3. The van der Waals surface area contributed by atoms with Crippen LogP contribution in [0.3, 0.4) is 0 Å². The zero-order valence-corrected chi connectivity index (χ0v) is 16.3. The van der Waals surface area contributed by atoms with Crippen LogP contribution in [0, 0.1) is 5.41 Å². The fourth-order valence-corrected chi connectivity index (χ4v) is 4.71. The normalized spacial score (nSPS) is 26.3. The van der Waals surface area contributed by atoms with Crippen LogP contribution in [0.1, 0.15) is 41.8 Å².